The van der Waals surface area contributed by atoms with Crippen molar-refractivity contribution in [2.45, 2.75) is 26.4 Å². The Hall–Kier alpha value is -0.960. The van der Waals surface area contributed by atoms with Crippen molar-refractivity contribution in [2.24, 2.45) is 5.92 Å². The number of nitrogens with zero attached hydrogens (tertiary/aromatic N) is 2. The van der Waals surface area contributed by atoms with Crippen molar-refractivity contribution >= 4 is 17.5 Å². The highest BCUT2D eigenvalue weighted by Gasteiger charge is 2.32. The van der Waals surface area contributed by atoms with Gasteiger partial charge in [0, 0.05) is 25.0 Å². The van der Waals surface area contributed by atoms with Gasteiger partial charge in [-0.1, -0.05) is 13.8 Å². The smallest absolute Gasteiger partial charge is 0.238 e. The number of amides is 1. The molecule has 0 N–H and O–H groups in total. The van der Waals surface area contributed by atoms with E-state index in [1.165, 1.54) is 5.69 Å². The molecule has 1 amide bonds. The van der Waals surface area contributed by atoms with E-state index in [1.807, 2.05) is 11.0 Å². The molecule has 0 bridgehead atoms. The Bertz CT molecular complexity index is 386. The molecule has 1 aliphatic rings. The second-order valence-electron chi connectivity index (χ2n) is 4.54. The summed E-state index contributed by atoms with van der Waals surface area (Å²) < 4.78 is 2.22. The third-order valence-corrected chi connectivity index (χ3v) is 3.38. The molecular weight excluding hydrogens is 224 g/mol. The van der Waals surface area contributed by atoms with Crippen molar-refractivity contribution in [1.82, 2.24) is 9.47 Å². The Morgan fingerprint density at radius 1 is 1.56 bits per heavy atom. The summed E-state index contributed by atoms with van der Waals surface area (Å²) in [5.74, 6) is 0.512. The zero-order chi connectivity index (χ0) is 11.7. The molecule has 0 radical (unpaired) electrons. The fourth-order valence-electron chi connectivity index (χ4n) is 2.47. The lowest BCUT2D eigenvalue weighted by atomic mass is 9.97. The van der Waals surface area contributed by atoms with Gasteiger partial charge in [-0.3, -0.25) is 4.79 Å². The predicted octanol–water partition coefficient (Wildman–Crippen LogP) is 2.27. The summed E-state index contributed by atoms with van der Waals surface area (Å²) in [5.41, 5.74) is 1.22. The van der Waals surface area contributed by atoms with Crippen LogP contribution in [0.1, 0.15) is 25.6 Å². The van der Waals surface area contributed by atoms with Crippen molar-refractivity contribution in [3.63, 3.8) is 0 Å². The first-order chi connectivity index (χ1) is 7.65. The van der Waals surface area contributed by atoms with E-state index >= 15 is 0 Å². The number of carbonyl (C=O) groups is 1. The maximum absolute atomic E-state index is 11.8. The number of carbonyl (C=O) groups excluding carboxylic acids is 1. The van der Waals surface area contributed by atoms with Gasteiger partial charge in [0.1, 0.15) is 5.88 Å². The van der Waals surface area contributed by atoms with Gasteiger partial charge in [-0.25, -0.2) is 0 Å². The number of alkyl halides is 1. The fourth-order valence-corrected chi connectivity index (χ4v) is 2.63. The lowest BCUT2D eigenvalue weighted by Gasteiger charge is -2.39. The third-order valence-electron chi connectivity index (χ3n) is 3.15. The summed E-state index contributed by atoms with van der Waals surface area (Å²) in [6.07, 6.45) is 2.08. The van der Waals surface area contributed by atoms with E-state index in [0.717, 1.165) is 13.1 Å². The molecule has 0 aliphatic carbocycles. The molecule has 1 atom stereocenters. The van der Waals surface area contributed by atoms with Gasteiger partial charge in [0.15, 0.2) is 0 Å². The first kappa shape index (κ1) is 11.5. The second-order valence-corrected chi connectivity index (χ2v) is 4.80. The molecule has 3 nitrogen and oxygen atoms in total. The average molecular weight is 241 g/mol. The maximum Gasteiger partial charge on any atom is 0.238 e. The highest BCUT2D eigenvalue weighted by molar-refractivity contribution is 6.27. The topological polar surface area (TPSA) is 25.2 Å². The van der Waals surface area contributed by atoms with Gasteiger partial charge in [-0.2, -0.15) is 0 Å². The van der Waals surface area contributed by atoms with Crippen LogP contribution >= 0.6 is 11.6 Å². The van der Waals surface area contributed by atoms with Gasteiger partial charge in [0.05, 0.1) is 6.04 Å². The summed E-state index contributed by atoms with van der Waals surface area (Å²) in [4.78, 5) is 13.7. The molecule has 0 spiro atoms. The monoisotopic (exact) mass is 240 g/mol. The number of fused-ring (bicyclic) bond motifs is 1. The molecule has 0 fully saturated rings. The molecule has 1 aliphatic heterocycles. The van der Waals surface area contributed by atoms with E-state index in [9.17, 15) is 4.79 Å². The SMILES string of the molecule is CC(C)C1c2cccn2CCN1C(=O)CCl. The molecule has 16 heavy (non-hydrogen) atoms. The minimum Gasteiger partial charge on any atom is -0.348 e. The van der Waals surface area contributed by atoms with Crippen LogP contribution in [0, 0.1) is 5.92 Å². The van der Waals surface area contributed by atoms with Crippen molar-refractivity contribution < 1.29 is 4.79 Å². The van der Waals surface area contributed by atoms with Gasteiger partial charge in [-0.15, -0.1) is 11.6 Å². The molecular formula is C12H17ClN2O. The largest absolute Gasteiger partial charge is 0.348 e. The third kappa shape index (κ3) is 1.84. The molecule has 1 aromatic heterocycles. The van der Waals surface area contributed by atoms with Gasteiger partial charge >= 0.3 is 0 Å². The van der Waals surface area contributed by atoms with Crippen molar-refractivity contribution in [3.8, 4) is 0 Å². The minimum atomic E-state index is 0.0350. The lowest BCUT2D eigenvalue weighted by Crippen LogP contribution is -2.44. The molecule has 0 aromatic carbocycles. The van der Waals surface area contributed by atoms with Crippen molar-refractivity contribution in [2.75, 3.05) is 12.4 Å². The van der Waals surface area contributed by atoms with Crippen molar-refractivity contribution in [3.05, 3.63) is 24.0 Å². The Morgan fingerprint density at radius 2 is 2.31 bits per heavy atom. The molecule has 0 saturated carbocycles. The van der Waals surface area contributed by atoms with Gasteiger partial charge in [0.2, 0.25) is 5.91 Å². The molecule has 88 valence electrons. The summed E-state index contributed by atoms with van der Waals surface area (Å²) in [6.45, 7) is 5.91. The van der Waals surface area contributed by atoms with Crippen LogP contribution in [0.3, 0.4) is 0 Å². The molecule has 2 rings (SSSR count). The van der Waals surface area contributed by atoms with E-state index in [0.29, 0.717) is 5.92 Å². The highest BCUT2D eigenvalue weighted by atomic mass is 35.5. The number of rotatable bonds is 2. The van der Waals surface area contributed by atoms with Crippen LogP contribution in [0.2, 0.25) is 0 Å². The predicted molar refractivity (Wildman–Crippen MR) is 64.4 cm³/mol. The fraction of sp³-hybridized carbons (Fsp3) is 0.583. The van der Waals surface area contributed by atoms with Crippen LogP contribution in [0.15, 0.2) is 18.3 Å². The summed E-state index contributed by atoms with van der Waals surface area (Å²) in [6, 6.07) is 4.30. The van der Waals surface area contributed by atoms with Gasteiger partial charge in [0.25, 0.3) is 0 Å². The van der Waals surface area contributed by atoms with E-state index in [-0.39, 0.29) is 17.8 Å². The zero-order valence-electron chi connectivity index (χ0n) is 9.69. The number of halogens is 1. The van der Waals surface area contributed by atoms with E-state index in [4.69, 9.17) is 11.6 Å². The summed E-state index contributed by atoms with van der Waals surface area (Å²) in [7, 11) is 0. The van der Waals surface area contributed by atoms with E-state index < -0.39 is 0 Å². The molecule has 1 aromatic rings. The summed E-state index contributed by atoms with van der Waals surface area (Å²) in [5, 5.41) is 0. The van der Waals surface area contributed by atoms with Crippen LogP contribution in [-0.2, 0) is 11.3 Å². The van der Waals surface area contributed by atoms with Crippen molar-refractivity contribution in [1.29, 1.82) is 0 Å². The van der Waals surface area contributed by atoms with Gasteiger partial charge < -0.3 is 9.47 Å². The van der Waals surface area contributed by atoms with Crippen LogP contribution in [0.4, 0.5) is 0 Å². The molecule has 4 heteroatoms. The zero-order valence-corrected chi connectivity index (χ0v) is 10.4. The molecule has 1 unspecified atom stereocenters. The average Bonchev–Trinajstić information content (AvgIpc) is 2.73. The number of hydrogen-bond donors (Lipinski definition) is 0. The van der Waals surface area contributed by atoms with E-state index in [1.54, 1.807) is 0 Å². The quantitative estimate of drug-likeness (QED) is 0.728. The van der Waals surface area contributed by atoms with Crippen LogP contribution in [0.5, 0.6) is 0 Å². The first-order valence-corrected chi connectivity index (χ1v) is 6.19. The normalized spacial score (nSPS) is 20.0. The van der Waals surface area contributed by atoms with Crippen LogP contribution < -0.4 is 0 Å². The number of hydrogen-bond acceptors (Lipinski definition) is 1. The Kier molecular flexibility index (Phi) is 3.24. The van der Waals surface area contributed by atoms with Gasteiger partial charge in [-0.05, 0) is 18.1 Å². The maximum atomic E-state index is 11.8. The molecule has 0 saturated heterocycles. The number of aromatic nitrogens is 1. The van der Waals surface area contributed by atoms with Crippen LogP contribution in [0.25, 0.3) is 0 Å². The Labute approximate surface area is 101 Å². The standard InChI is InChI=1S/C12H17ClN2O/c1-9(2)12-10-4-3-5-14(10)6-7-15(12)11(16)8-13/h3-5,9,12H,6-8H2,1-2H3. The second kappa shape index (κ2) is 4.50. The lowest BCUT2D eigenvalue weighted by molar-refractivity contribution is -0.133. The summed E-state index contributed by atoms with van der Waals surface area (Å²) >= 11 is 5.66. The minimum absolute atomic E-state index is 0.0350. The van der Waals surface area contributed by atoms with E-state index in [2.05, 4.69) is 30.7 Å². The highest BCUT2D eigenvalue weighted by Crippen LogP contribution is 2.32. The molecule has 2 heterocycles. The van der Waals surface area contributed by atoms with Crippen LogP contribution in [-0.4, -0.2) is 27.8 Å². The Morgan fingerprint density at radius 3 is 2.94 bits per heavy atom. The Balaban J connectivity index is 2.34. The first-order valence-electron chi connectivity index (χ1n) is 5.65.